The molecule has 0 bridgehead atoms. The summed E-state index contributed by atoms with van der Waals surface area (Å²) in [6.07, 6.45) is 4.23. The van der Waals surface area contributed by atoms with Crippen molar-refractivity contribution in [1.29, 1.82) is 0 Å². The molecule has 0 N–H and O–H groups in total. The fourth-order valence-electron chi connectivity index (χ4n) is 1.49. The Balaban J connectivity index is 2.49. The predicted molar refractivity (Wildman–Crippen MR) is 60.2 cm³/mol. The fraction of sp³-hybridized carbons (Fsp3) is 0.167. The van der Waals surface area contributed by atoms with Crippen molar-refractivity contribution >= 4 is 6.29 Å². The van der Waals surface area contributed by atoms with Crippen LogP contribution in [0.15, 0.2) is 30.6 Å². The fourth-order valence-corrected chi connectivity index (χ4v) is 1.49. The van der Waals surface area contributed by atoms with E-state index in [9.17, 15) is 4.79 Å². The Morgan fingerprint density at radius 2 is 2.25 bits per heavy atom. The molecule has 1 aromatic carbocycles. The summed E-state index contributed by atoms with van der Waals surface area (Å²) in [6.45, 7) is 1.97. The second-order valence-electron chi connectivity index (χ2n) is 3.49. The molecule has 2 aromatic rings. The second-order valence-corrected chi connectivity index (χ2v) is 3.49. The van der Waals surface area contributed by atoms with Crippen LogP contribution >= 0.6 is 0 Å². The number of rotatable bonds is 3. The predicted octanol–water partition coefficient (Wildman–Crippen LogP) is 2.00. The standard InChI is InChI=1S/C12H12N2O2/c1-9-3-4-10(8-15)5-12(9)14-7-11(16-2)6-13-14/h3-8H,1-2H3. The molecule has 0 amide bonds. The lowest BCUT2D eigenvalue weighted by Gasteiger charge is -2.05. The zero-order valence-electron chi connectivity index (χ0n) is 9.18. The smallest absolute Gasteiger partial charge is 0.157 e. The summed E-state index contributed by atoms with van der Waals surface area (Å²) < 4.78 is 6.76. The first-order valence-electron chi connectivity index (χ1n) is 4.89. The number of carbonyl (C=O) groups is 1. The van der Waals surface area contributed by atoms with E-state index in [4.69, 9.17) is 4.74 Å². The molecule has 0 saturated carbocycles. The molecular weight excluding hydrogens is 204 g/mol. The summed E-state index contributed by atoms with van der Waals surface area (Å²) in [7, 11) is 1.59. The summed E-state index contributed by atoms with van der Waals surface area (Å²) >= 11 is 0. The maximum Gasteiger partial charge on any atom is 0.157 e. The summed E-state index contributed by atoms with van der Waals surface area (Å²) in [6, 6.07) is 5.48. The zero-order chi connectivity index (χ0) is 11.5. The topological polar surface area (TPSA) is 44.1 Å². The molecular formula is C12H12N2O2. The lowest BCUT2D eigenvalue weighted by atomic mass is 10.1. The number of nitrogens with zero attached hydrogens (tertiary/aromatic N) is 2. The van der Waals surface area contributed by atoms with E-state index in [1.54, 1.807) is 36.3 Å². The minimum Gasteiger partial charge on any atom is -0.493 e. The summed E-state index contributed by atoms with van der Waals surface area (Å²) in [5, 5.41) is 4.17. The number of ether oxygens (including phenoxy) is 1. The number of hydrogen-bond donors (Lipinski definition) is 0. The van der Waals surface area contributed by atoms with Crippen LogP contribution in [0.2, 0.25) is 0 Å². The minimum absolute atomic E-state index is 0.634. The van der Waals surface area contributed by atoms with E-state index in [1.165, 1.54) is 0 Å². The van der Waals surface area contributed by atoms with Crippen molar-refractivity contribution in [2.24, 2.45) is 0 Å². The SMILES string of the molecule is COc1cnn(-c2cc(C=O)ccc2C)c1. The van der Waals surface area contributed by atoms with Gasteiger partial charge in [-0.3, -0.25) is 4.79 Å². The number of methoxy groups -OCH3 is 1. The quantitative estimate of drug-likeness (QED) is 0.737. The van der Waals surface area contributed by atoms with Crippen LogP contribution < -0.4 is 4.74 Å². The van der Waals surface area contributed by atoms with Crippen LogP contribution in [-0.4, -0.2) is 23.2 Å². The molecule has 82 valence electrons. The Kier molecular flexibility index (Phi) is 2.72. The summed E-state index contributed by atoms with van der Waals surface area (Å²) in [4.78, 5) is 10.7. The van der Waals surface area contributed by atoms with Gasteiger partial charge in [-0.2, -0.15) is 5.10 Å². The minimum atomic E-state index is 0.634. The third-order valence-electron chi connectivity index (χ3n) is 2.41. The maximum atomic E-state index is 10.7. The molecule has 0 spiro atoms. The highest BCUT2D eigenvalue weighted by Gasteiger charge is 2.05. The highest BCUT2D eigenvalue weighted by atomic mass is 16.5. The van der Waals surface area contributed by atoms with E-state index >= 15 is 0 Å². The molecule has 4 nitrogen and oxygen atoms in total. The summed E-state index contributed by atoms with van der Waals surface area (Å²) in [5.41, 5.74) is 2.57. The Hall–Kier alpha value is -2.10. The molecule has 2 rings (SSSR count). The van der Waals surface area contributed by atoms with Crippen molar-refractivity contribution in [1.82, 2.24) is 9.78 Å². The molecule has 1 heterocycles. The van der Waals surface area contributed by atoms with Gasteiger partial charge in [0.2, 0.25) is 0 Å². The molecule has 1 aromatic heterocycles. The molecule has 0 saturated heterocycles. The normalized spacial score (nSPS) is 10.1. The number of carbonyl (C=O) groups excluding carboxylic acids is 1. The molecule has 0 aliphatic heterocycles. The Morgan fingerprint density at radius 3 is 2.88 bits per heavy atom. The molecule has 0 fully saturated rings. The van der Waals surface area contributed by atoms with Crippen LogP contribution in [0.1, 0.15) is 15.9 Å². The van der Waals surface area contributed by atoms with Gasteiger partial charge in [-0.25, -0.2) is 4.68 Å². The van der Waals surface area contributed by atoms with Crippen molar-refractivity contribution in [3.63, 3.8) is 0 Å². The molecule has 0 atom stereocenters. The van der Waals surface area contributed by atoms with Gasteiger partial charge in [-0.1, -0.05) is 12.1 Å². The third-order valence-corrected chi connectivity index (χ3v) is 2.41. The van der Waals surface area contributed by atoms with Gasteiger partial charge in [0.1, 0.15) is 6.29 Å². The van der Waals surface area contributed by atoms with E-state index in [2.05, 4.69) is 5.10 Å². The van der Waals surface area contributed by atoms with Gasteiger partial charge >= 0.3 is 0 Å². The van der Waals surface area contributed by atoms with Crippen molar-refractivity contribution in [3.8, 4) is 11.4 Å². The molecule has 0 aliphatic carbocycles. The second kappa shape index (κ2) is 4.18. The van der Waals surface area contributed by atoms with Crippen LogP contribution in [0.25, 0.3) is 5.69 Å². The van der Waals surface area contributed by atoms with Crippen molar-refractivity contribution < 1.29 is 9.53 Å². The van der Waals surface area contributed by atoms with Gasteiger partial charge in [0.15, 0.2) is 5.75 Å². The van der Waals surface area contributed by atoms with Crippen LogP contribution in [0.3, 0.4) is 0 Å². The number of hydrogen-bond acceptors (Lipinski definition) is 3. The van der Waals surface area contributed by atoms with Crippen LogP contribution in [0, 0.1) is 6.92 Å². The van der Waals surface area contributed by atoms with E-state index in [1.807, 2.05) is 13.0 Å². The van der Waals surface area contributed by atoms with Gasteiger partial charge in [0, 0.05) is 5.56 Å². The zero-order valence-corrected chi connectivity index (χ0v) is 9.18. The van der Waals surface area contributed by atoms with Crippen LogP contribution in [0.4, 0.5) is 0 Å². The van der Waals surface area contributed by atoms with Gasteiger partial charge in [0.25, 0.3) is 0 Å². The first kappa shape index (κ1) is 10.4. The van der Waals surface area contributed by atoms with Gasteiger partial charge in [-0.05, 0) is 18.6 Å². The summed E-state index contributed by atoms with van der Waals surface area (Å²) in [5.74, 6) is 0.691. The van der Waals surface area contributed by atoms with Crippen molar-refractivity contribution in [2.75, 3.05) is 7.11 Å². The van der Waals surface area contributed by atoms with Crippen molar-refractivity contribution in [2.45, 2.75) is 6.92 Å². The van der Waals surface area contributed by atoms with Crippen molar-refractivity contribution in [3.05, 3.63) is 41.7 Å². The maximum absolute atomic E-state index is 10.7. The Bertz CT molecular complexity index is 517. The monoisotopic (exact) mass is 216 g/mol. The van der Waals surface area contributed by atoms with E-state index in [0.29, 0.717) is 11.3 Å². The molecule has 0 unspecified atom stereocenters. The Morgan fingerprint density at radius 1 is 1.44 bits per heavy atom. The largest absolute Gasteiger partial charge is 0.493 e. The average Bonchev–Trinajstić information content (AvgIpc) is 2.78. The lowest BCUT2D eigenvalue weighted by Crippen LogP contribution is -1.98. The third kappa shape index (κ3) is 1.82. The highest BCUT2D eigenvalue weighted by Crippen LogP contribution is 2.17. The number of aldehydes is 1. The molecule has 4 heteroatoms. The van der Waals surface area contributed by atoms with Crippen LogP contribution in [0.5, 0.6) is 5.75 Å². The highest BCUT2D eigenvalue weighted by molar-refractivity contribution is 5.76. The first-order valence-corrected chi connectivity index (χ1v) is 4.89. The number of aromatic nitrogens is 2. The molecule has 16 heavy (non-hydrogen) atoms. The van der Waals surface area contributed by atoms with E-state index in [-0.39, 0.29) is 0 Å². The van der Waals surface area contributed by atoms with E-state index < -0.39 is 0 Å². The number of aryl methyl sites for hydroxylation is 1. The Labute approximate surface area is 93.5 Å². The van der Waals surface area contributed by atoms with Crippen LogP contribution in [-0.2, 0) is 0 Å². The van der Waals surface area contributed by atoms with E-state index in [0.717, 1.165) is 17.5 Å². The molecule has 0 radical (unpaired) electrons. The number of benzene rings is 1. The van der Waals surface area contributed by atoms with Gasteiger partial charge < -0.3 is 4.74 Å². The lowest BCUT2D eigenvalue weighted by molar-refractivity contribution is 0.112. The first-order chi connectivity index (χ1) is 7.74. The van der Waals surface area contributed by atoms with Gasteiger partial charge in [0.05, 0.1) is 25.2 Å². The average molecular weight is 216 g/mol. The van der Waals surface area contributed by atoms with Gasteiger partial charge in [-0.15, -0.1) is 0 Å². The molecule has 0 aliphatic rings.